The maximum absolute atomic E-state index is 13.4. The molecule has 0 spiro atoms. The van der Waals surface area contributed by atoms with Crippen molar-refractivity contribution < 1.29 is 18.3 Å². The summed E-state index contributed by atoms with van der Waals surface area (Å²) >= 11 is 0. The first-order valence-electron chi connectivity index (χ1n) is 5.04. The minimum atomic E-state index is -0.628. The highest BCUT2D eigenvalue weighted by molar-refractivity contribution is 5.93. The van der Waals surface area contributed by atoms with Gasteiger partial charge in [-0.2, -0.15) is 0 Å². The predicted molar refractivity (Wildman–Crippen MR) is 57.6 cm³/mol. The molecule has 0 aliphatic rings. The average Bonchev–Trinajstić information content (AvgIpc) is 2.34. The molecular weight excluding hydrogens is 228 g/mol. The summed E-state index contributed by atoms with van der Waals surface area (Å²) in [6, 6.07) is 3.22. The third-order valence-corrected chi connectivity index (χ3v) is 2.26. The molecule has 5 heteroatoms. The van der Waals surface area contributed by atoms with Crippen LogP contribution in [0.3, 0.4) is 0 Å². The lowest BCUT2D eigenvalue weighted by Gasteiger charge is -2.04. The zero-order valence-electron chi connectivity index (χ0n) is 9.04. The highest BCUT2D eigenvalue weighted by atomic mass is 19.1. The van der Waals surface area contributed by atoms with E-state index in [9.17, 15) is 13.6 Å². The molecule has 0 aliphatic heterocycles. The topological polar surface area (TPSA) is 39.2 Å². The lowest BCUT2D eigenvalue weighted by atomic mass is 10.1. The van der Waals surface area contributed by atoms with Crippen molar-refractivity contribution in [3.63, 3.8) is 0 Å². The van der Waals surface area contributed by atoms with Gasteiger partial charge in [-0.3, -0.25) is 4.98 Å². The van der Waals surface area contributed by atoms with Gasteiger partial charge in [-0.1, -0.05) is 0 Å². The standard InChI is InChI=1S/C12H9F2NO2/c1-2-17-12(16)7-5-8-9(13)3-4-10(14)11(8)15-6-7/h3-6H,2H2,1H3. The molecule has 0 saturated carbocycles. The van der Waals surface area contributed by atoms with Crippen LogP contribution >= 0.6 is 0 Å². The smallest absolute Gasteiger partial charge is 0.339 e. The molecule has 0 N–H and O–H groups in total. The number of ether oxygens (including phenoxy) is 1. The van der Waals surface area contributed by atoms with Gasteiger partial charge in [0.05, 0.1) is 12.2 Å². The number of aromatic nitrogens is 1. The van der Waals surface area contributed by atoms with E-state index in [2.05, 4.69) is 4.98 Å². The summed E-state index contributed by atoms with van der Waals surface area (Å²) in [6.07, 6.45) is 1.17. The number of halogens is 2. The first-order chi connectivity index (χ1) is 8.13. The van der Waals surface area contributed by atoms with Crippen molar-refractivity contribution in [2.24, 2.45) is 0 Å². The van der Waals surface area contributed by atoms with Crippen LogP contribution in [-0.4, -0.2) is 17.6 Å². The number of fused-ring (bicyclic) bond motifs is 1. The summed E-state index contributed by atoms with van der Waals surface area (Å²) in [5.74, 6) is -1.86. The Kier molecular flexibility index (Phi) is 2.99. The molecule has 17 heavy (non-hydrogen) atoms. The minimum absolute atomic E-state index is 0.0319. The predicted octanol–water partition coefficient (Wildman–Crippen LogP) is 2.69. The molecule has 0 radical (unpaired) electrons. The zero-order valence-corrected chi connectivity index (χ0v) is 9.04. The molecular formula is C12H9F2NO2. The van der Waals surface area contributed by atoms with Crippen LogP contribution in [0.1, 0.15) is 17.3 Å². The Balaban J connectivity index is 2.57. The quantitative estimate of drug-likeness (QED) is 0.754. The van der Waals surface area contributed by atoms with E-state index in [0.29, 0.717) is 0 Å². The summed E-state index contributed by atoms with van der Waals surface area (Å²) in [5.41, 5.74) is 0.00176. The fraction of sp³-hybridized carbons (Fsp3) is 0.167. The first kappa shape index (κ1) is 11.4. The Morgan fingerprint density at radius 2 is 2.06 bits per heavy atom. The zero-order chi connectivity index (χ0) is 12.4. The number of nitrogens with zero attached hydrogens (tertiary/aromatic N) is 1. The molecule has 1 aromatic carbocycles. The fourth-order valence-corrected chi connectivity index (χ4v) is 1.48. The van der Waals surface area contributed by atoms with Crippen LogP contribution in [0, 0.1) is 11.6 Å². The molecule has 88 valence electrons. The highest BCUT2D eigenvalue weighted by Crippen LogP contribution is 2.20. The van der Waals surface area contributed by atoms with E-state index < -0.39 is 17.6 Å². The molecule has 0 fully saturated rings. The second-order valence-corrected chi connectivity index (χ2v) is 3.37. The summed E-state index contributed by atoms with van der Waals surface area (Å²) in [5, 5.41) is -0.0319. The van der Waals surface area contributed by atoms with Gasteiger partial charge in [0, 0.05) is 11.6 Å². The van der Waals surface area contributed by atoms with Crippen molar-refractivity contribution in [2.75, 3.05) is 6.61 Å². The maximum Gasteiger partial charge on any atom is 0.339 e. The number of benzene rings is 1. The normalized spacial score (nSPS) is 10.5. The Bertz CT molecular complexity index is 584. The lowest BCUT2D eigenvalue weighted by Crippen LogP contribution is -2.05. The SMILES string of the molecule is CCOC(=O)c1cnc2c(F)ccc(F)c2c1. The van der Waals surface area contributed by atoms with E-state index >= 15 is 0 Å². The number of pyridine rings is 1. The molecule has 2 aromatic rings. The van der Waals surface area contributed by atoms with Gasteiger partial charge in [-0.25, -0.2) is 13.6 Å². The van der Waals surface area contributed by atoms with Gasteiger partial charge in [-0.05, 0) is 25.1 Å². The molecule has 0 amide bonds. The lowest BCUT2D eigenvalue weighted by molar-refractivity contribution is 0.0526. The number of carbonyl (C=O) groups is 1. The number of hydrogen-bond donors (Lipinski definition) is 0. The third kappa shape index (κ3) is 2.08. The molecule has 3 nitrogen and oxygen atoms in total. The third-order valence-electron chi connectivity index (χ3n) is 2.26. The van der Waals surface area contributed by atoms with Crippen LogP contribution in [0.5, 0.6) is 0 Å². The minimum Gasteiger partial charge on any atom is -0.462 e. The summed E-state index contributed by atoms with van der Waals surface area (Å²) in [4.78, 5) is 15.1. The van der Waals surface area contributed by atoms with Crippen molar-refractivity contribution >= 4 is 16.9 Å². The first-order valence-corrected chi connectivity index (χ1v) is 5.04. The van der Waals surface area contributed by atoms with E-state index in [4.69, 9.17) is 4.74 Å². The van der Waals surface area contributed by atoms with Crippen molar-refractivity contribution in [1.82, 2.24) is 4.98 Å². The van der Waals surface area contributed by atoms with Gasteiger partial charge in [0.15, 0.2) is 0 Å². The molecule has 0 unspecified atom stereocenters. The van der Waals surface area contributed by atoms with E-state index in [1.807, 2.05) is 0 Å². The average molecular weight is 237 g/mol. The second kappa shape index (κ2) is 4.45. The van der Waals surface area contributed by atoms with E-state index in [0.717, 1.165) is 12.1 Å². The molecule has 0 aliphatic carbocycles. The van der Waals surface area contributed by atoms with E-state index in [-0.39, 0.29) is 23.1 Å². The fourth-order valence-electron chi connectivity index (χ4n) is 1.48. The van der Waals surface area contributed by atoms with Crippen molar-refractivity contribution in [2.45, 2.75) is 6.92 Å². The van der Waals surface area contributed by atoms with E-state index in [1.54, 1.807) is 6.92 Å². The van der Waals surface area contributed by atoms with Crippen LogP contribution in [0.4, 0.5) is 8.78 Å². The second-order valence-electron chi connectivity index (χ2n) is 3.37. The highest BCUT2D eigenvalue weighted by Gasteiger charge is 2.12. The molecule has 0 atom stereocenters. The molecule has 0 bridgehead atoms. The number of hydrogen-bond acceptors (Lipinski definition) is 3. The van der Waals surface area contributed by atoms with Crippen LogP contribution < -0.4 is 0 Å². The van der Waals surface area contributed by atoms with Gasteiger partial charge in [-0.15, -0.1) is 0 Å². The Labute approximate surface area is 96.0 Å². The van der Waals surface area contributed by atoms with Crippen molar-refractivity contribution in [1.29, 1.82) is 0 Å². The summed E-state index contributed by atoms with van der Waals surface area (Å²) < 4.78 is 31.5. The Hall–Kier alpha value is -2.04. The van der Waals surface area contributed by atoms with Crippen molar-refractivity contribution in [3.8, 4) is 0 Å². The Morgan fingerprint density at radius 1 is 1.35 bits per heavy atom. The van der Waals surface area contributed by atoms with E-state index in [1.165, 1.54) is 12.3 Å². The van der Waals surface area contributed by atoms with Gasteiger partial charge in [0.1, 0.15) is 17.2 Å². The molecule has 2 rings (SSSR count). The molecule has 1 aromatic heterocycles. The largest absolute Gasteiger partial charge is 0.462 e. The summed E-state index contributed by atoms with van der Waals surface area (Å²) in [7, 11) is 0. The number of esters is 1. The van der Waals surface area contributed by atoms with Crippen LogP contribution in [0.2, 0.25) is 0 Å². The summed E-state index contributed by atoms with van der Waals surface area (Å²) in [6.45, 7) is 1.87. The molecule has 1 heterocycles. The van der Waals surface area contributed by atoms with Gasteiger partial charge < -0.3 is 4.74 Å². The van der Waals surface area contributed by atoms with Gasteiger partial charge in [0.2, 0.25) is 0 Å². The maximum atomic E-state index is 13.4. The number of rotatable bonds is 2. The van der Waals surface area contributed by atoms with Crippen LogP contribution in [0.15, 0.2) is 24.4 Å². The number of carbonyl (C=O) groups excluding carboxylic acids is 1. The Morgan fingerprint density at radius 3 is 2.76 bits per heavy atom. The van der Waals surface area contributed by atoms with Gasteiger partial charge in [0.25, 0.3) is 0 Å². The van der Waals surface area contributed by atoms with Crippen LogP contribution in [-0.2, 0) is 4.74 Å². The monoisotopic (exact) mass is 237 g/mol. The molecule has 0 saturated heterocycles. The van der Waals surface area contributed by atoms with Crippen LogP contribution in [0.25, 0.3) is 10.9 Å². The van der Waals surface area contributed by atoms with Gasteiger partial charge >= 0.3 is 5.97 Å². The van der Waals surface area contributed by atoms with Crippen molar-refractivity contribution in [3.05, 3.63) is 41.6 Å².